The Morgan fingerprint density at radius 3 is 2.76 bits per heavy atom. The van der Waals surface area contributed by atoms with Crippen LogP contribution in [0.3, 0.4) is 0 Å². The summed E-state index contributed by atoms with van der Waals surface area (Å²) in [5.41, 5.74) is 0.782. The number of ether oxygens (including phenoxy) is 2. The van der Waals surface area contributed by atoms with E-state index in [4.69, 9.17) is 9.47 Å². The number of halogens is 1. The van der Waals surface area contributed by atoms with E-state index >= 15 is 0 Å². The number of hydrogen-bond donors (Lipinski definition) is 1. The Labute approximate surface area is 134 Å². The van der Waals surface area contributed by atoms with E-state index in [1.165, 1.54) is 0 Å². The van der Waals surface area contributed by atoms with Crippen molar-refractivity contribution in [1.82, 2.24) is 0 Å². The summed E-state index contributed by atoms with van der Waals surface area (Å²) in [5, 5.41) is 9.70. The summed E-state index contributed by atoms with van der Waals surface area (Å²) >= 11 is 3.40. The summed E-state index contributed by atoms with van der Waals surface area (Å²) in [6.07, 6.45) is 2.49. The van der Waals surface area contributed by atoms with Gasteiger partial charge in [-0.15, -0.1) is 0 Å². The number of carbonyl (C=O) groups is 1. The molecule has 1 aromatic carbocycles. The smallest absolute Gasteiger partial charge is 0.305 e. The number of rotatable bonds is 9. The molecule has 0 aliphatic heterocycles. The van der Waals surface area contributed by atoms with Crippen LogP contribution in [-0.2, 0) is 9.53 Å². The number of benzene rings is 1. The van der Waals surface area contributed by atoms with Crippen LogP contribution in [0.1, 0.15) is 51.2 Å². The number of unbranched alkanes of at least 4 members (excludes halogenated alkanes) is 2. The molecule has 0 aliphatic carbocycles. The van der Waals surface area contributed by atoms with Crippen molar-refractivity contribution in [1.29, 1.82) is 0 Å². The van der Waals surface area contributed by atoms with E-state index in [0.29, 0.717) is 25.4 Å². The molecule has 0 saturated heterocycles. The van der Waals surface area contributed by atoms with Gasteiger partial charge in [-0.05, 0) is 45.2 Å². The minimum absolute atomic E-state index is 0.137. The molecule has 0 aliphatic rings. The number of carbonyl (C=O) groups excluding carboxylic acids is 1. The van der Waals surface area contributed by atoms with Gasteiger partial charge in [0.05, 0.1) is 19.3 Å². The second-order valence-corrected chi connectivity index (χ2v) is 5.74. The van der Waals surface area contributed by atoms with Gasteiger partial charge < -0.3 is 14.6 Å². The molecule has 118 valence electrons. The topological polar surface area (TPSA) is 55.8 Å². The Hall–Kier alpha value is -1.07. The van der Waals surface area contributed by atoms with E-state index in [1.54, 1.807) is 6.92 Å². The van der Waals surface area contributed by atoms with Gasteiger partial charge in [0, 0.05) is 16.5 Å². The normalized spacial score (nSPS) is 12.0. The first-order valence-electron chi connectivity index (χ1n) is 7.30. The van der Waals surface area contributed by atoms with Crippen molar-refractivity contribution >= 4 is 21.9 Å². The van der Waals surface area contributed by atoms with Gasteiger partial charge in [0.25, 0.3) is 0 Å². The van der Waals surface area contributed by atoms with Gasteiger partial charge in [0.1, 0.15) is 5.75 Å². The van der Waals surface area contributed by atoms with Crippen LogP contribution in [0.25, 0.3) is 0 Å². The highest BCUT2D eigenvalue weighted by molar-refractivity contribution is 9.10. The summed E-state index contributed by atoms with van der Waals surface area (Å²) in [6, 6.07) is 5.60. The molecule has 0 spiro atoms. The molecule has 1 N–H and O–H groups in total. The largest absolute Gasteiger partial charge is 0.493 e. The Bertz CT molecular complexity index is 446. The lowest BCUT2D eigenvalue weighted by Crippen LogP contribution is -2.05. The van der Waals surface area contributed by atoms with Crippen LogP contribution in [-0.4, -0.2) is 24.3 Å². The van der Waals surface area contributed by atoms with Crippen molar-refractivity contribution in [3.63, 3.8) is 0 Å². The first-order valence-corrected chi connectivity index (χ1v) is 8.09. The van der Waals surface area contributed by atoms with Crippen LogP contribution >= 0.6 is 15.9 Å². The SMILES string of the molecule is CCOC(=O)CCCCCOc1cc(Br)ccc1[C@@H](C)O. The van der Waals surface area contributed by atoms with Crippen molar-refractivity contribution in [2.45, 2.75) is 45.6 Å². The van der Waals surface area contributed by atoms with E-state index in [1.807, 2.05) is 25.1 Å². The molecule has 1 aromatic rings. The molecule has 5 heteroatoms. The van der Waals surface area contributed by atoms with Gasteiger partial charge in [-0.3, -0.25) is 4.79 Å². The van der Waals surface area contributed by atoms with Gasteiger partial charge in [-0.1, -0.05) is 22.0 Å². The first kappa shape index (κ1) is 18.0. The highest BCUT2D eigenvalue weighted by Crippen LogP contribution is 2.28. The minimum atomic E-state index is -0.558. The fourth-order valence-corrected chi connectivity index (χ4v) is 2.28. The first-order chi connectivity index (χ1) is 10.0. The van der Waals surface area contributed by atoms with E-state index in [-0.39, 0.29) is 5.97 Å². The quantitative estimate of drug-likeness (QED) is 0.535. The second-order valence-electron chi connectivity index (χ2n) is 4.82. The van der Waals surface area contributed by atoms with Gasteiger partial charge in [0.2, 0.25) is 0 Å². The monoisotopic (exact) mass is 358 g/mol. The third kappa shape index (κ3) is 6.96. The molecule has 0 amide bonds. The zero-order valence-corrected chi connectivity index (χ0v) is 14.2. The van der Waals surface area contributed by atoms with Crippen LogP contribution in [0.15, 0.2) is 22.7 Å². The lowest BCUT2D eigenvalue weighted by Gasteiger charge is -2.13. The summed E-state index contributed by atoms with van der Waals surface area (Å²) < 4.78 is 11.5. The molecule has 0 saturated carbocycles. The van der Waals surface area contributed by atoms with Gasteiger partial charge in [-0.2, -0.15) is 0 Å². The molecule has 21 heavy (non-hydrogen) atoms. The molecule has 0 aromatic heterocycles. The van der Waals surface area contributed by atoms with Crippen molar-refractivity contribution in [2.75, 3.05) is 13.2 Å². The molecule has 1 atom stereocenters. The maximum atomic E-state index is 11.2. The summed E-state index contributed by atoms with van der Waals surface area (Å²) in [7, 11) is 0. The summed E-state index contributed by atoms with van der Waals surface area (Å²) in [6.45, 7) is 4.53. The molecule has 0 radical (unpaired) electrons. The highest BCUT2D eigenvalue weighted by Gasteiger charge is 2.09. The molecule has 0 heterocycles. The van der Waals surface area contributed by atoms with Crippen molar-refractivity contribution < 1.29 is 19.4 Å². The van der Waals surface area contributed by atoms with E-state index in [9.17, 15) is 9.90 Å². The lowest BCUT2D eigenvalue weighted by molar-refractivity contribution is -0.143. The average Bonchev–Trinajstić information content (AvgIpc) is 2.42. The molecule has 0 unspecified atom stereocenters. The molecule has 0 fully saturated rings. The van der Waals surface area contributed by atoms with Gasteiger partial charge >= 0.3 is 5.97 Å². The van der Waals surface area contributed by atoms with Crippen molar-refractivity contribution in [3.8, 4) is 5.75 Å². The Morgan fingerprint density at radius 1 is 1.33 bits per heavy atom. The third-order valence-electron chi connectivity index (χ3n) is 3.01. The van der Waals surface area contributed by atoms with Crippen LogP contribution in [0.2, 0.25) is 0 Å². The van der Waals surface area contributed by atoms with Crippen LogP contribution in [0, 0.1) is 0 Å². The second kappa shape index (κ2) is 9.79. The minimum Gasteiger partial charge on any atom is -0.493 e. The predicted octanol–water partition coefficient (Wildman–Crippen LogP) is 4.00. The standard InChI is InChI=1S/C16H23BrO4/c1-3-20-16(19)7-5-4-6-10-21-15-11-13(17)8-9-14(15)12(2)18/h8-9,11-12,18H,3-7,10H2,1-2H3/t12-/m1/s1. The number of esters is 1. The summed E-state index contributed by atoms with van der Waals surface area (Å²) in [4.78, 5) is 11.2. The lowest BCUT2D eigenvalue weighted by atomic mass is 10.1. The molecular formula is C16H23BrO4. The predicted molar refractivity (Wildman–Crippen MR) is 85.4 cm³/mol. The number of aliphatic hydroxyl groups excluding tert-OH is 1. The zero-order chi connectivity index (χ0) is 15.7. The van der Waals surface area contributed by atoms with Crippen molar-refractivity contribution in [2.24, 2.45) is 0 Å². The number of aliphatic hydroxyl groups is 1. The maximum Gasteiger partial charge on any atom is 0.305 e. The number of hydrogen-bond acceptors (Lipinski definition) is 4. The zero-order valence-electron chi connectivity index (χ0n) is 12.6. The maximum absolute atomic E-state index is 11.2. The van der Waals surface area contributed by atoms with E-state index in [2.05, 4.69) is 15.9 Å². The Morgan fingerprint density at radius 2 is 2.10 bits per heavy atom. The molecule has 0 bridgehead atoms. The third-order valence-corrected chi connectivity index (χ3v) is 3.51. The fourth-order valence-electron chi connectivity index (χ4n) is 1.94. The van der Waals surface area contributed by atoms with Gasteiger partial charge in [-0.25, -0.2) is 0 Å². The van der Waals surface area contributed by atoms with E-state index < -0.39 is 6.10 Å². The molecular weight excluding hydrogens is 336 g/mol. The Kier molecular flexibility index (Phi) is 8.38. The summed E-state index contributed by atoms with van der Waals surface area (Å²) in [5.74, 6) is 0.562. The Balaban J connectivity index is 2.29. The molecule has 1 rings (SSSR count). The molecule has 4 nitrogen and oxygen atoms in total. The highest BCUT2D eigenvalue weighted by atomic mass is 79.9. The van der Waals surface area contributed by atoms with Gasteiger partial charge in [0.15, 0.2) is 0 Å². The average molecular weight is 359 g/mol. The van der Waals surface area contributed by atoms with E-state index in [0.717, 1.165) is 29.3 Å². The van der Waals surface area contributed by atoms with Crippen LogP contribution < -0.4 is 4.74 Å². The van der Waals surface area contributed by atoms with Crippen LogP contribution in [0.4, 0.5) is 0 Å². The fraction of sp³-hybridized carbons (Fsp3) is 0.562. The van der Waals surface area contributed by atoms with Crippen molar-refractivity contribution in [3.05, 3.63) is 28.2 Å². The van der Waals surface area contributed by atoms with Crippen LogP contribution in [0.5, 0.6) is 5.75 Å².